The molecule has 4 aromatic rings. The molecule has 3 heterocycles. The van der Waals surface area contributed by atoms with Crippen molar-refractivity contribution >= 4 is 34.0 Å². The quantitative estimate of drug-likeness (QED) is 0.454. The molecule has 1 amide bonds. The van der Waals surface area contributed by atoms with Gasteiger partial charge < -0.3 is 9.84 Å². The van der Waals surface area contributed by atoms with Gasteiger partial charge in [-0.25, -0.2) is 4.98 Å². The number of benzene rings is 1. The number of aromatic nitrogens is 4. The van der Waals surface area contributed by atoms with E-state index < -0.39 is 0 Å². The Morgan fingerprint density at radius 3 is 2.76 bits per heavy atom. The average Bonchev–Trinajstić information content (AvgIpc) is 3.39. The van der Waals surface area contributed by atoms with Crippen LogP contribution in [0.5, 0.6) is 0 Å². The second-order valence-corrected chi connectivity index (χ2v) is 7.47. The highest BCUT2D eigenvalue weighted by atomic mass is 35.5. The highest BCUT2D eigenvalue weighted by molar-refractivity contribution is 7.14. The van der Waals surface area contributed by atoms with Gasteiger partial charge in [0.05, 0.1) is 5.69 Å². The highest BCUT2D eigenvalue weighted by Crippen LogP contribution is 2.23. The van der Waals surface area contributed by atoms with Crippen LogP contribution < -0.4 is 5.32 Å². The molecule has 0 fully saturated rings. The van der Waals surface area contributed by atoms with Crippen molar-refractivity contribution in [3.63, 3.8) is 0 Å². The van der Waals surface area contributed by atoms with Crippen molar-refractivity contribution in [2.45, 2.75) is 19.3 Å². The summed E-state index contributed by atoms with van der Waals surface area (Å²) in [5, 5.41) is 9.86. The second kappa shape index (κ2) is 8.93. The molecule has 0 spiro atoms. The second-order valence-electron chi connectivity index (χ2n) is 6.17. The minimum atomic E-state index is -0.107. The number of thiazole rings is 1. The normalized spacial score (nSPS) is 10.8. The van der Waals surface area contributed by atoms with E-state index in [4.69, 9.17) is 16.1 Å². The minimum Gasteiger partial charge on any atom is -0.339 e. The Hall–Kier alpha value is -3.10. The van der Waals surface area contributed by atoms with Gasteiger partial charge in [-0.15, -0.1) is 11.3 Å². The number of aryl methyl sites for hydroxylation is 1. The van der Waals surface area contributed by atoms with Crippen LogP contribution >= 0.6 is 22.9 Å². The van der Waals surface area contributed by atoms with Crippen LogP contribution in [0.15, 0.2) is 58.6 Å². The molecular weight excluding hydrogens is 410 g/mol. The Bertz CT molecular complexity index is 1100. The first kappa shape index (κ1) is 19.2. The predicted molar refractivity (Wildman–Crippen MR) is 112 cm³/mol. The van der Waals surface area contributed by atoms with Crippen LogP contribution in [0, 0.1) is 0 Å². The first-order chi connectivity index (χ1) is 14.2. The predicted octanol–water partition coefficient (Wildman–Crippen LogP) is 4.87. The molecule has 3 aromatic heterocycles. The maximum absolute atomic E-state index is 12.2. The first-order valence-electron chi connectivity index (χ1n) is 8.93. The third-order valence-corrected chi connectivity index (χ3v) is 5.05. The van der Waals surface area contributed by atoms with Crippen LogP contribution in [0.1, 0.15) is 18.7 Å². The van der Waals surface area contributed by atoms with Crippen molar-refractivity contribution in [2.75, 3.05) is 5.32 Å². The van der Waals surface area contributed by atoms with Gasteiger partial charge in [-0.1, -0.05) is 22.8 Å². The number of rotatable bonds is 7. The Morgan fingerprint density at radius 1 is 1.10 bits per heavy atom. The largest absolute Gasteiger partial charge is 0.339 e. The van der Waals surface area contributed by atoms with Gasteiger partial charge in [-0.2, -0.15) is 4.98 Å². The molecule has 7 nitrogen and oxygen atoms in total. The number of carbonyl (C=O) groups is 1. The molecule has 9 heteroatoms. The summed E-state index contributed by atoms with van der Waals surface area (Å²) in [6.07, 6.45) is 3.15. The molecule has 0 bridgehead atoms. The number of nitrogens with one attached hydrogen (secondary N) is 1. The Kier molecular flexibility index (Phi) is 5.92. The van der Waals surface area contributed by atoms with E-state index in [0.717, 1.165) is 17.0 Å². The van der Waals surface area contributed by atoms with Crippen LogP contribution in [0.25, 0.3) is 22.8 Å². The number of carbonyl (C=O) groups excluding carboxylic acids is 1. The van der Waals surface area contributed by atoms with Gasteiger partial charge in [-0.05, 0) is 42.8 Å². The SMILES string of the molecule is O=C(CCCc1nc(-c2ccc(Cl)cc2)no1)Nc1nc(-c2ccccn2)cs1. The van der Waals surface area contributed by atoms with E-state index in [9.17, 15) is 4.79 Å². The summed E-state index contributed by atoms with van der Waals surface area (Å²) in [7, 11) is 0. The monoisotopic (exact) mass is 425 g/mol. The molecule has 1 aromatic carbocycles. The van der Waals surface area contributed by atoms with E-state index >= 15 is 0 Å². The molecule has 0 atom stereocenters. The topological polar surface area (TPSA) is 93.8 Å². The summed E-state index contributed by atoms with van der Waals surface area (Å²) in [5.74, 6) is 0.893. The number of anilines is 1. The zero-order valence-corrected chi connectivity index (χ0v) is 16.8. The lowest BCUT2D eigenvalue weighted by Gasteiger charge is -2.00. The molecule has 0 unspecified atom stereocenters. The maximum atomic E-state index is 12.2. The van der Waals surface area contributed by atoms with E-state index in [-0.39, 0.29) is 5.91 Å². The van der Waals surface area contributed by atoms with Crippen LogP contribution in [0.3, 0.4) is 0 Å². The Labute approximate surface area is 175 Å². The van der Waals surface area contributed by atoms with Crippen molar-refractivity contribution in [1.29, 1.82) is 0 Å². The lowest BCUT2D eigenvalue weighted by atomic mass is 10.2. The van der Waals surface area contributed by atoms with Crippen molar-refractivity contribution in [2.24, 2.45) is 0 Å². The molecule has 0 radical (unpaired) electrons. The third kappa shape index (κ3) is 5.04. The maximum Gasteiger partial charge on any atom is 0.226 e. The summed E-state index contributed by atoms with van der Waals surface area (Å²) in [4.78, 5) is 25.2. The van der Waals surface area contributed by atoms with E-state index in [2.05, 4.69) is 25.4 Å². The number of nitrogens with zero attached hydrogens (tertiary/aromatic N) is 4. The fraction of sp³-hybridized carbons (Fsp3) is 0.150. The molecule has 146 valence electrons. The van der Waals surface area contributed by atoms with Crippen molar-refractivity contribution < 1.29 is 9.32 Å². The molecule has 0 aliphatic rings. The Morgan fingerprint density at radius 2 is 1.97 bits per heavy atom. The summed E-state index contributed by atoms with van der Waals surface area (Å²) < 4.78 is 5.26. The molecular formula is C20H16ClN5O2S. The van der Waals surface area contributed by atoms with Crippen molar-refractivity contribution in [3.05, 3.63) is 65.0 Å². The molecule has 0 aliphatic heterocycles. The summed E-state index contributed by atoms with van der Waals surface area (Å²) >= 11 is 7.26. The molecule has 0 saturated heterocycles. The third-order valence-electron chi connectivity index (χ3n) is 4.04. The Balaban J connectivity index is 1.26. The fourth-order valence-corrected chi connectivity index (χ4v) is 3.46. The van der Waals surface area contributed by atoms with Gasteiger partial charge >= 0.3 is 0 Å². The fourth-order valence-electron chi connectivity index (χ4n) is 2.62. The minimum absolute atomic E-state index is 0.107. The van der Waals surface area contributed by atoms with E-state index in [1.165, 1.54) is 11.3 Å². The average molecular weight is 426 g/mol. The highest BCUT2D eigenvalue weighted by Gasteiger charge is 2.11. The smallest absolute Gasteiger partial charge is 0.226 e. The van der Waals surface area contributed by atoms with Crippen molar-refractivity contribution in [1.82, 2.24) is 20.1 Å². The van der Waals surface area contributed by atoms with Crippen LogP contribution in [0.4, 0.5) is 5.13 Å². The van der Waals surface area contributed by atoms with Gasteiger partial charge in [0.1, 0.15) is 5.69 Å². The molecule has 0 saturated carbocycles. The molecule has 4 rings (SSSR count). The van der Waals surface area contributed by atoms with Crippen LogP contribution in [-0.4, -0.2) is 26.0 Å². The van der Waals surface area contributed by atoms with Gasteiger partial charge in [0.2, 0.25) is 17.6 Å². The van der Waals surface area contributed by atoms with Gasteiger partial charge in [0, 0.05) is 35.0 Å². The summed E-state index contributed by atoms with van der Waals surface area (Å²) in [6.45, 7) is 0. The standard InChI is InChI=1S/C20H16ClN5O2S/c21-14-9-7-13(8-10-14)19-25-18(28-26-19)6-3-5-17(27)24-20-23-16(12-29-20)15-4-1-2-11-22-15/h1-2,4,7-12H,3,5-6H2,(H,23,24,27). The first-order valence-corrected chi connectivity index (χ1v) is 10.2. The zero-order valence-electron chi connectivity index (χ0n) is 15.2. The molecule has 1 N–H and O–H groups in total. The molecule has 0 aliphatic carbocycles. The number of hydrogen-bond donors (Lipinski definition) is 1. The summed E-state index contributed by atoms with van der Waals surface area (Å²) in [5.41, 5.74) is 2.35. The molecule has 29 heavy (non-hydrogen) atoms. The number of hydrogen-bond acceptors (Lipinski definition) is 7. The van der Waals surface area contributed by atoms with Gasteiger partial charge in [0.25, 0.3) is 0 Å². The van der Waals surface area contributed by atoms with Crippen LogP contribution in [-0.2, 0) is 11.2 Å². The zero-order chi connectivity index (χ0) is 20.1. The number of amides is 1. The van der Waals surface area contributed by atoms with Gasteiger partial charge in [-0.3, -0.25) is 9.78 Å². The lowest BCUT2D eigenvalue weighted by molar-refractivity contribution is -0.116. The van der Waals surface area contributed by atoms with E-state index in [1.54, 1.807) is 18.3 Å². The van der Waals surface area contributed by atoms with Crippen LogP contribution in [0.2, 0.25) is 5.02 Å². The van der Waals surface area contributed by atoms with Gasteiger partial charge in [0.15, 0.2) is 5.13 Å². The van der Waals surface area contributed by atoms with E-state index in [1.807, 2.05) is 35.7 Å². The van der Waals surface area contributed by atoms with E-state index in [0.29, 0.717) is 41.1 Å². The lowest BCUT2D eigenvalue weighted by Crippen LogP contribution is -2.11. The number of pyridine rings is 1. The van der Waals surface area contributed by atoms with Crippen molar-refractivity contribution in [3.8, 4) is 22.8 Å². The number of halogens is 1. The summed E-state index contributed by atoms with van der Waals surface area (Å²) in [6, 6.07) is 12.8.